The Labute approximate surface area is 185 Å². The SMILES string of the molecule is CC(=O)c1ccc(S(=O)(=O)NCCC(=O)N2CCC(CCN3CCOCC3)CC2)cc1. The number of rotatable bonds is 9. The highest BCUT2D eigenvalue weighted by atomic mass is 32.2. The summed E-state index contributed by atoms with van der Waals surface area (Å²) in [7, 11) is -3.70. The maximum Gasteiger partial charge on any atom is 0.240 e. The van der Waals surface area contributed by atoms with Crippen molar-refractivity contribution in [1.29, 1.82) is 0 Å². The van der Waals surface area contributed by atoms with Gasteiger partial charge >= 0.3 is 0 Å². The molecule has 1 amide bonds. The van der Waals surface area contributed by atoms with Crippen LogP contribution in [0.4, 0.5) is 0 Å². The van der Waals surface area contributed by atoms with Crippen molar-refractivity contribution in [2.24, 2.45) is 5.92 Å². The molecule has 1 aromatic carbocycles. The molecular weight excluding hydrogens is 418 g/mol. The Balaban J connectivity index is 1.36. The van der Waals surface area contributed by atoms with Crippen LogP contribution >= 0.6 is 0 Å². The smallest absolute Gasteiger partial charge is 0.240 e. The van der Waals surface area contributed by atoms with Gasteiger partial charge in [-0.05, 0) is 50.8 Å². The molecule has 31 heavy (non-hydrogen) atoms. The van der Waals surface area contributed by atoms with Gasteiger partial charge in [0.15, 0.2) is 5.78 Å². The Morgan fingerprint density at radius 2 is 1.71 bits per heavy atom. The minimum absolute atomic E-state index is 0.0127. The molecule has 0 saturated carbocycles. The summed E-state index contributed by atoms with van der Waals surface area (Å²) in [6.07, 6.45) is 3.31. The van der Waals surface area contributed by atoms with Crippen LogP contribution in [-0.4, -0.2) is 82.4 Å². The van der Waals surface area contributed by atoms with E-state index in [9.17, 15) is 18.0 Å². The van der Waals surface area contributed by atoms with E-state index in [1.165, 1.54) is 31.2 Å². The number of morpholine rings is 1. The van der Waals surface area contributed by atoms with Gasteiger partial charge in [0.2, 0.25) is 15.9 Å². The zero-order chi connectivity index (χ0) is 22.3. The average Bonchev–Trinajstić information content (AvgIpc) is 2.78. The summed E-state index contributed by atoms with van der Waals surface area (Å²) in [5, 5.41) is 0. The summed E-state index contributed by atoms with van der Waals surface area (Å²) in [5.74, 6) is 0.511. The molecule has 2 fully saturated rings. The van der Waals surface area contributed by atoms with Crippen LogP contribution in [0.25, 0.3) is 0 Å². The fourth-order valence-electron chi connectivity index (χ4n) is 4.06. The quantitative estimate of drug-likeness (QED) is 0.572. The van der Waals surface area contributed by atoms with E-state index < -0.39 is 10.0 Å². The van der Waals surface area contributed by atoms with Crippen LogP contribution in [0, 0.1) is 5.92 Å². The van der Waals surface area contributed by atoms with Crippen LogP contribution in [0.5, 0.6) is 0 Å². The maximum atomic E-state index is 12.5. The molecule has 2 saturated heterocycles. The molecule has 3 rings (SSSR count). The predicted molar refractivity (Wildman–Crippen MR) is 117 cm³/mol. The topological polar surface area (TPSA) is 96.0 Å². The van der Waals surface area contributed by atoms with Gasteiger partial charge < -0.3 is 9.64 Å². The number of benzene rings is 1. The fourth-order valence-corrected chi connectivity index (χ4v) is 5.10. The summed E-state index contributed by atoms with van der Waals surface area (Å²) < 4.78 is 32.6. The molecule has 8 nitrogen and oxygen atoms in total. The number of carbonyl (C=O) groups is 2. The highest BCUT2D eigenvalue weighted by Gasteiger charge is 2.24. The molecule has 2 heterocycles. The second-order valence-electron chi connectivity index (χ2n) is 8.30. The lowest BCUT2D eigenvalue weighted by molar-refractivity contribution is -0.132. The summed E-state index contributed by atoms with van der Waals surface area (Å²) in [6, 6.07) is 5.79. The molecule has 2 aliphatic heterocycles. The molecule has 0 atom stereocenters. The lowest BCUT2D eigenvalue weighted by Crippen LogP contribution is -2.41. The fraction of sp³-hybridized carbons (Fsp3) is 0.636. The van der Waals surface area contributed by atoms with Crippen molar-refractivity contribution in [3.63, 3.8) is 0 Å². The second kappa shape index (κ2) is 11.2. The Bertz CT molecular complexity index is 842. The Morgan fingerprint density at radius 1 is 1.06 bits per heavy atom. The number of nitrogens with zero attached hydrogens (tertiary/aromatic N) is 2. The third-order valence-corrected chi connectivity index (χ3v) is 7.60. The molecule has 0 bridgehead atoms. The molecule has 0 aliphatic carbocycles. The van der Waals surface area contributed by atoms with Crippen LogP contribution in [0.15, 0.2) is 29.2 Å². The number of sulfonamides is 1. The molecule has 1 aromatic rings. The lowest BCUT2D eigenvalue weighted by atomic mass is 9.93. The van der Waals surface area contributed by atoms with Crippen LogP contribution < -0.4 is 4.72 Å². The van der Waals surface area contributed by atoms with Gasteiger partial charge in [0.25, 0.3) is 0 Å². The molecule has 9 heteroatoms. The van der Waals surface area contributed by atoms with E-state index in [0.29, 0.717) is 11.5 Å². The van der Waals surface area contributed by atoms with Gasteiger partial charge in [-0.3, -0.25) is 14.5 Å². The van der Waals surface area contributed by atoms with Crippen molar-refractivity contribution in [1.82, 2.24) is 14.5 Å². The van der Waals surface area contributed by atoms with Gasteiger partial charge in [0.05, 0.1) is 18.1 Å². The number of hydrogen-bond donors (Lipinski definition) is 1. The number of piperidine rings is 1. The normalized spacial score (nSPS) is 18.8. The van der Waals surface area contributed by atoms with Crippen molar-refractivity contribution in [3.8, 4) is 0 Å². The Kier molecular flexibility index (Phi) is 8.59. The maximum absolute atomic E-state index is 12.5. The number of ketones is 1. The number of hydrogen-bond acceptors (Lipinski definition) is 6. The first-order valence-electron chi connectivity index (χ1n) is 11.0. The summed E-state index contributed by atoms with van der Waals surface area (Å²) in [5.41, 5.74) is 0.461. The highest BCUT2D eigenvalue weighted by molar-refractivity contribution is 7.89. The van der Waals surface area contributed by atoms with Crippen molar-refractivity contribution in [2.75, 3.05) is 52.5 Å². The molecular formula is C22H33N3O5S. The van der Waals surface area contributed by atoms with Crippen molar-refractivity contribution >= 4 is 21.7 Å². The summed E-state index contributed by atoms with van der Waals surface area (Å²) in [6.45, 7) is 7.73. The minimum atomic E-state index is -3.70. The molecule has 172 valence electrons. The van der Waals surface area contributed by atoms with E-state index in [4.69, 9.17) is 4.74 Å². The van der Waals surface area contributed by atoms with Gasteiger partial charge in [0, 0.05) is 44.7 Å². The van der Waals surface area contributed by atoms with Crippen LogP contribution in [-0.2, 0) is 19.6 Å². The third kappa shape index (κ3) is 7.10. The van der Waals surface area contributed by atoms with E-state index in [0.717, 1.165) is 65.2 Å². The number of nitrogens with one attached hydrogen (secondary N) is 1. The average molecular weight is 452 g/mol. The summed E-state index contributed by atoms with van der Waals surface area (Å²) in [4.78, 5) is 28.2. The predicted octanol–water partition coefficient (Wildman–Crippen LogP) is 1.52. The zero-order valence-electron chi connectivity index (χ0n) is 18.2. The number of Topliss-reactive ketones (excluding diaryl/α,β-unsaturated/α-hetero) is 1. The highest BCUT2D eigenvalue weighted by Crippen LogP contribution is 2.21. The standard InChI is InChI=1S/C22H33N3O5S/c1-18(26)20-2-4-21(5-3-20)31(28,29)23-10-6-22(27)25-12-8-19(9-13-25)7-11-24-14-16-30-17-15-24/h2-5,19,23H,6-17H2,1H3. The second-order valence-corrected chi connectivity index (χ2v) is 10.1. The van der Waals surface area contributed by atoms with Gasteiger partial charge in [-0.2, -0.15) is 0 Å². The first-order valence-corrected chi connectivity index (χ1v) is 12.5. The van der Waals surface area contributed by atoms with E-state index in [1.807, 2.05) is 4.90 Å². The Morgan fingerprint density at radius 3 is 2.32 bits per heavy atom. The van der Waals surface area contributed by atoms with E-state index in [1.54, 1.807) is 0 Å². The summed E-state index contributed by atoms with van der Waals surface area (Å²) >= 11 is 0. The van der Waals surface area contributed by atoms with Gasteiger partial charge in [-0.15, -0.1) is 0 Å². The molecule has 2 aliphatic rings. The molecule has 0 aromatic heterocycles. The molecule has 1 N–H and O–H groups in total. The Hall–Kier alpha value is -1.81. The van der Waals surface area contributed by atoms with Crippen molar-refractivity contribution in [3.05, 3.63) is 29.8 Å². The van der Waals surface area contributed by atoms with Crippen molar-refractivity contribution < 1.29 is 22.7 Å². The number of ether oxygens (including phenoxy) is 1. The van der Waals surface area contributed by atoms with Gasteiger partial charge in [0.1, 0.15) is 0 Å². The first kappa shape index (κ1) is 23.8. The number of carbonyl (C=O) groups excluding carboxylic acids is 2. The zero-order valence-corrected chi connectivity index (χ0v) is 19.0. The largest absolute Gasteiger partial charge is 0.379 e. The monoisotopic (exact) mass is 451 g/mol. The van der Waals surface area contributed by atoms with E-state index in [-0.39, 0.29) is 29.6 Å². The molecule has 0 unspecified atom stereocenters. The first-order chi connectivity index (χ1) is 14.8. The van der Waals surface area contributed by atoms with E-state index >= 15 is 0 Å². The number of amides is 1. The van der Waals surface area contributed by atoms with Crippen LogP contribution in [0.1, 0.15) is 43.0 Å². The van der Waals surface area contributed by atoms with Gasteiger partial charge in [-0.25, -0.2) is 13.1 Å². The number of likely N-dealkylation sites (tertiary alicyclic amines) is 1. The lowest BCUT2D eigenvalue weighted by Gasteiger charge is -2.34. The van der Waals surface area contributed by atoms with Crippen LogP contribution in [0.2, 0.25) is 0 Å². The minimum Gasteiger partial charge on any atom is -0.379 e. The van der Waals surface area contributed by atoms with E-state index in [2.05, 4.69) is 9.62 Å². The molecule has 0 spiro atoms. The van der Waals surface area contributed by atoms with Gasteiger partial charge in [-0.1, -0.05) is 12.1 Å². The van der Waals surface area contributed by atoms with Crippen LogP contribution in [0.3, 0.4) is 0 Å². The van der Waals surface area contributed by atoms with Crippen molar-refractivity contribution in [2.45, 2.75) is 37.5 Å². The molecule has 0 radical (unpaired) electrons. The third-order valence-electron chi connectivity index (χ3n) is 6.13.